The summed E-state index contributed by atoms with van der Waals surface area (Å²) < 4.78 is 24.3. The molecule has 5 nitrogen and oxygen atoms in total. The van der Waals surface area contributed by atoms with Crippen molar-refractivity contribution in [2.75, 3.05) is 32.4 Å². The number of hydrogen-bond donors (Lipinski definition) is 0. The minimum absolute atomic E-state index is 0.103. The highest BCUT2D eigenvalue weighted by Crippen LogP contribution is 2.12. The number of carbonyl (C=O) groups excluding carboxylic acids is 1. The molecule has 0 saturated carbocycles. The van der Waals surface area contributed by atoms with Gasteiger partial charge < -0.3 is 4.90 Å². The lowest BCUT2D eigenvalue weighted by Crippen LogP contribution is -2.50. The van der Waals surface area contributed by atoms with Crippen molar-refractivity contribution in [3.63, 3.8) is 0 Å². The molecule has 1 saturated heterocycles. The van der Waals surface area contributed by atoms with Crippen LogP contribution >= 0.6 is 0 Å². The standard InChI is InChI=1S/C15H22N2O3S/c1-13-5-3-4-6-14(13)7-8-15(18)16-9-11-17(12-10-16)21(2,19)20/h3-6H,7-12H2,1-2H3. The second-order valence-corrected chi connectivity index (χ2v) is 7.45. The van der Waals surface area contributed by atoms with Gasteiger partial charge in [0, 0.05) is 32.6 Å². The molecule has 0 spiro atoms. The van der Waals surface area contributed by atoms with Crippen molar-refractivity contribution in [3.8, 4) is 0 Å². The van der Waals surface area contributed by atoms with E-state index in [0.717, 1.165) is 6.42 Å². The van der Waals surface area contributed by atoms with Gasteiger partial charge in [0.05, 0.1) is 6.26 Å². The van der Waals surface area contributed by atoms with Gasteiger partial charge in [-0.25, -0.2) is 8.42 Å². The molecule has 2 rings (SSSR count). The van der Waals surface area contributed by atoms with E-state index in [4.69, 9.17) is 0 Å². The summed E-state index contributed by atoms with van der Waals surface area (Å²) in [6.45, 7) is 3.81. The predicted octanol–water partition coefficient (Wildman–Crippen LogP) is 1.03. The number of aryl methyl sites for hydroxylation is 2. The Morgan fingerprint density at radius 1 is 1.14 bits per heavy atom. The number of hydrogen-bond acceptors (Lipinski definition) is 3. The summed E-state index contributed by atoms with van der Waals surface area (Å²) in [6, 6.07) is 8.07. The van der Waals surface area contributed by atoms with Gasteiger partial charge in [-0.15, -0.1) is 0 Å². The van der Waals surface area contributed by atoms with Crippen LogP contribution in [-0.4, -0.2) is 56.0 Å². The molecule has 0 N–H and O–H groups in total. The molecule has 0 aliphatic carbocycles. The molecule has 0 atom stereocenters. The minimum Gasteiger partial charge on any atom is -0.340 e. The normalized spacial score (nSPS) is 17.0. The van der Waals surface area contributed by atoms with Crippen LogP contribution in [0.4, 0.5) is 0 Å². The van der Waals surface area contributed by atoms with Crippen molar-refractivity contribution in [1.82, 2.24) is 9.21 Å². The van der Waals surface area contributed by atoms with E-state index in [1.807, 2.05) is 31.2 Å². The van der Waals surface area contributed by atoms with Crippen LogP contribution in [0.3, 0.4) is 0 Å². The SMILES string of the molecule is Cc1ccccc1CCC(=O)N1CCN(S(C)(=O)=O)CC1. The molecule has 1 aliphatic heterocycles. The van der Waals surface area contributed by atoms with Crippen molar-refractivity contribution in [2.24, 2.45) is 0 Å². The molecule has 0 bridgehead atoms. The van der Waals surface area contributed by atoms with Gasteiger partial charge >= 0.3 is 0 Å². The lowest BCUT2D eigenvalue weighted by molar-refractivity contribution is -0.132. The smallest absolute Gasteiger partial charge is 0.222 e. The highest BCUT2D eigenvalue weighted by molar-refractivity contribution is 7.88. The first kappa shape index (κ1) is 16.0. The van der Waals surface area contributed by atoms with Gasteiger partial charge in [0.1, 0.15) is 0 Å². The Morgan fingerprint density at radius 2 is 1.76 bits per heavy atom. The zero-order chi connectivity index (χ0) is 15.5. The molecule has 0 radical (unpaired) electrons. The fourth-order valence-electron chi connectivity index (χ4n) is 2.56. The van der Waals surface area contributed by atoms with Gasteiger partial charge in [-0.05, 0) is 24.5 Å². The maximum absolute atomic E-state index is 12.2. The second-order valence-electron chi connectivity index (χ2n) is 5.47. The molecule has 116 valence electrons. The highest BCUT2D eigenvalue weighted by atomic mass is 32.2. The number of nitrogens with zero attached hydrogens (tertiary/aromatic N) is 2. The number of piperazine rings is 1. The number of amides is 1. The van der Waals surface area contributed by atoms with Crippen LogP contribution in [0.15, 0.2) is 24.3 Å². The van der Waals surface area contributed by atoms with Crippen LogP contribution in [0.1, 0.15) is 17.5 Å². The first-order valence-corrected chi connectivity index (χ1v) is 9.00. The first-order valence-electron chi connectivity index (χ1n) is 7.15. The molecule has 1 aromatic rings. The van der Waals surface area contributed by atoms with Crippen molar-refractivity contribution >= 4 is 15.9 Å². The summed E-state index contributed by atoms with van der Waals surface area (Å²) in [5.74, 6) is 0.103. The quantitative estimate of drug-likeness (QED) is 0.834. The lowest BCUT2D eigenvalue weighted by atomic mass is 10.0. The maximum atomic E-state index is 12.2. The van der Waals surface area contributed by atoms with E-state index in [-0.39, 0.29) is 5.91 Å². The van der Waals surface area contributed by atoms with Gasteiger partial charge in [-0.1, -0.05) is 24.3 Å². The average molecular weight is 310 g/mol. The molecule has 0 unspecified atom stereocenters. The van der Waals surface area contributed by atoms with Gasteiger partial charge in [-0.3, -0.25) is 4.79 Å². The summed E-state index contributed by atoms with van der Waals surface area (Å²) in [5.41, 5.74) is 2.40. The van der Waals surface area contributed by atoms with Crippen LogP contribution in [0.2, 0.25) is 0 Å². The summed E-state index contributed by atoms with van der Waals surface area (Å²) in [6.07, 6.45) is 2.42. The van der Waals surface area contributed by atoms with Crippen LogP contribution in [-0.2, 0) is 21.2 Å². The van der Waals surface area contributed by atoms with Gasteiger partial charge in [-0.2, -0.15) is 4.31 Å². The molecule has 21 heavy (non-hydrogen) atoms. The van der Waals surface area contributed by atoms with Crippen molar-refractivity contribution in [3.05, 3.63) is 35.4 Å². The molecule has 1 aromatic carbocycles. The Balaban J connectivity index is 1.84. The minimum atomic E-state index is -3.14. The first-order chi connectivity index (χ1) is 9.88. The zero-order valence-corrected chi connectivity index (χ0v) is 13.4. The molecule has 1 heterocycles. The van der Waals surface area contributed by atoms with Crippen LogP contribution < -0.4 is 0 Å². The molecule has 6 heteroatoms. The van der Waals surface area contributed by atoms with Crippen molar-refractivity contribution in [1.29, 1.82) is 0 Å². The van der Waals surface area contributed by atoms with E-state index in [0.29, 0.717) is 32.6 Å². The third kappa shape index (κ3) is 4.28. The van der Waals surface area contributed by atoms with E-state index in [2.05, 4.69) is 0 Å². The van der Waals surface area contributed by atoms with E-state index in [1.165, 1.54) is 21.7 Å². The molecule has 1 aliphatic rings. The molecular formula is C15H22N2O3S. The molecule has 1 fully saturated rings. The third-order valence-electron chi connectivity index (χ3n) is 3.93. The van der Waals surface area contributed by atoms with Gasteiger partial charge in [0.25, 0.3) is 0 Å². The third-order valence-corrected chi connectivity index (χ3v) is 5.23. The van der Waals surface area contributed by atoms with E-state index < -0.39 is 10.0 Å². The van der Waals surface area contributed by atoms with Crippen molar-refractivity contribution in [2.45, 2.75) is 19.8 Å². The average Bonchev–Trinajstić information content (AvgIpc) is 2.45. The second kappa shape index (κ2) is 6.58. The fourth-order valence-corrected chi connectivity index (χ4v) is 3.39. The maximum Gasteiger partial charge on any atom is 0.222 e. The summed E-state index contributed by atoms with van der Waals surface area (Å²) in [7, 11) is -3.14. The fraction of sp³-hybridized carbons (Fsp3) is 0.533. The Hall–Kier alpha value is -1.40. The summed E-state index contributed by atoms with van der Waals surface area (Å²) in [5, 5.41) is 0. The predicted molar refractivity (Wildman–Crippen MR) is 82.5 cm³/mol. The highest BCUT2D eigenvalue weighted by Gasteiger charge is 2.25. The summed E-state index contributed by atoms with van der Waals surface area (Å²) >= 11 is 0. The molecule has 1 amide bonds. The number of sulfonamides is 1. The van der Waals surface area contributed by atoms with Crippen LogP contribution in [0.25, 0.3) is 0 Å². The lowest BCUT2D eigenvalue weighted by Gasteiger charge is -2.33. The van der Waals surface area contributed by atoms with Gasteiger partial charge in [0.2, 0.25) is 15.9 Å². The largest absolute Gasteiger partial charge is 0.340 e. The van der Waals surface area contributed by atoms with E-state index in [1.54, 1.807) is 4.90 Å². The molecule has 0 aromatic heterocycles. The Bertz CT molecular complexity index is 605. The van der Waals surface area contributed by atoms with Crippen LogP contribution in [0, 0.1) is 6.92 Å². The Morgan fingerprint density at radius 3 is 2.33 bits per heavy atom. The Kier molecular flexibility index (Phi) is 5.00. The van der Waals surface area contributed by atoms with Crippen LogP contribution in [0.5, 0.6) is 0 Å². The molecular weight excluding hydrogens is 288 g/mol. The van der Waals surface area contributed by atoms with Gasteiger partial charge in [0.15, 0.2) is 0 Å². The zero-order valence-electron chi connectivity index (χ0n) is 12.6. The van der Waals surface area contributed by atoms with E-state index >= 15 is 0 Å². The number of carbonyl (C=O) groups is 1. The summed E-state index contributed by atoms with van der Waals surface area (Å²) in [4.78, 5) is 14.0. The number of rotatable bonds is 4. The topological polar surface area (TPSA) is 57.7 Å². The Labute approximate surface area is 126 Å². The monoisotopic (exact) mass is 310 g/mol. The number of benzene rings is 1. The van der Waals surface area contributed by atoms with E-state index in [9.17, 15) is 13.2 Å². The van der Waals surface area contributed by atoms with Crippen molar-refractivity contribution < 1.29 is 13.2 Å².